The normalized spacial score (nSPS) is 12.2. The second-order valence-electron chi connectivity index (χ2n) is 6.83. The molecule has 0 aliphatic carbocycles. The summed E-state index contributed by atoms with van der Waals surface area (Å²) >= 11 is 6.91. The Kier molecular flexibility index (Phi) is 8.52. The van der Waals surface area contributed by atoms with Crippen molar-refractivity contribution < 1.29 is 27.8 Å². The van der Waals surface area contributed by atoms with Crippen LogP contribution in [0.2, 0.25) is 0 Å². The van der Waals surface area contributed by atoms with E-state index in [0.717, 1.165) is 33.9 Å². The highest BCUT2D eigenvalue weighted by molar-refractivity contribution is 7.99. The third kappa shape index (κ3) is 7.59. The summed E-state index contributed by atoms with van der Waals surface area (Å²) in [6.07, 6.45) is -4.38. The number of hydrogen-bond donors (Lipinski definition) is 2. The third-order valence-electron chi connectivity index (χ3n) is 4.37. The second kappa shape index (κ2) is 10.7. The lowest BCUT2D eigenvalue weighted by Gasteiger charge is -2.14. The maximum atomic E-state index is 12.7. The number of alkyl halides is 3. The summed E-state index contributed by atoms with van der Waals surface area (Å²) in [5.41, 5.74) is 2.49. The molecule has 0 aliphatic heterocycles. The van der Waals surface area contributed by atoms with Crippen LogP contribution >= 0.6 is 24.0 Å². The predicted octanol–water partition coefficient (Wildman–Crippen LogP) is 5.83. The molecule has 0 spiro atoms. The molecule has 9 heteroatoms. The molecule has 2 aromatic carbocycles. The smallest absolute Gasteiger partial charge is 0.416 e. The number of allylic oxidation sites excluding steroid dienone is 1. The maximum Gasteiger partial charge on any atom is 0.416 e. The lowest BCUT2D eigenvalue weighted by atomic mass is 10.1. The van der Waals surface area contributed by atoms with Crippen LogP contribution in [0.15, 0.2) is 58.6 Å². The molecular formula is C22H22F3NO3S2. The quantitative estimate of drug-likeness (QED) is 0.375. The molecule has 0 saturated heterocycles. The Balaban J connectivity index is 1.96. The molecule has 2 aromatic rings. The number of aliphatic carboxylic acids is 1. The first kappa shape index (κ1) is 24.7. The van der Waals surface area contributed by atoms with E-state index in [2.05, 4.69) is 5.32 Å². The fourth-order valence-electron chi connectivity index (χ4n) is 2.47. The van der Waals surface area contributed by atoms with Crippen molar-refractivity contribution in [3.8, 4) is 5.75 Å². The monoisotopic (exact) mass is 469 g/mol. The summed E-state index contributed by atoms with van der Waals surface area (Å²) in [4.78, 5) is 12.0. The van der Waals surface area contributed by atoms with Gasteiger partial charge >= 0.3 is 12.1 Å². The molecule has 31 heavy (non-hydrogen) atoms. The molecule has 0 radical (unpaired) electrons. The topological polar surface area (TPSA) is 58.6 Å². The van der Waals surface area contributed by atoms with Crippen LogP contribution in [0.1, 0.15) is 30.5 Å². The average molecular weight is 470 g/mol. The minimum atomic E-state index is -4.38. The zero-order valence-corrected chi connectivity index (χ0v) is 18.8. The summed E-state index contributed by atoms with van der Waals surface area (Å²) in [5.74, 6) is 0.165. The fourth-order valence-corrected chi connectivity index (χ4v) is 3.79. The Morgan fingerprint density at radius 2 is 1.81 bits per heavy atom. The van der Waals surface area contributed by atoms with Crippen LogP contribution < -0.4 is 10.1 Å². The Hall–Kier alpha value is -2.52. The van der Waals surface area contributed by atoms with E-state index in [-0.39, 0.29) is 6.61 Å². The molecule has 4 nitrogen and oxygen atoms in total. The number of rotatable bonds is 8. The molecule has 0 bridgehead atoms. The number of halogens is 3. The summed E-state index contributed by atoms with van der Waals surface area (Å²) in [7, 11) is 0. The van der Waals surface area contributed by atoms with Gasteiger partial charge in [0.15, 0.2) is 6.61 Å². The van der Waals surface area contributed by atoms with Crippen molar-refractivity contribution in [2.45, 2.75) is 31.8 Å². The fraction of sp³-hybridized carbons (Fsp3) is 0.273. The molecule has 0 saturated carbocycles. The summed E-state index contributed by atoms with van der Waals surface area (Å²) in [5, 5.41) is 11.8. The molecule has 0 unspecified atom stereocenters. The number of thioether (sulfide) groups is 1. The second-order valence-corrected chi connectivity index (χ2v) is 8.29. The van der Waals surface area contributed by atoms with Crippen LogP contribution in [0.5, 0.6) is 5.75 Å². The van der Waals surface area contributed by atoms with Gasteiger partial charge in [-0.15, -0.1) is 11.8 Å². The molecule has 0 aliphatic rings. The highest BCUT2D eigenvalue weighted by Gasteiger charge is 2.30. The number of carboxylic acids is 1. The van der Waals surface area contributed by atoms with Gasteiger partial charge in [-0.05, 0) is 62.2 Å². The number of nitrogens with one attached hydrogen (secondary N) is 1. The summed E-state index contributed by atoms with van der Waals surface area (Å²) < 4.78 is 43.3. The van der Waals surface area contributed by atoms with Crippen molar-refractivity contribution in [3.05, 3.63) is 70.4 Å². The van der Waals surface area contributed by atoms with Crippen molar-refractivity contribution >= 4 is 34.9 Å². The van der Waals surface area contributed by atoms with E-state index >= 15 is 0 Å². The molecule has 2 rings (SSSR count). The molecule has 0 atom stereocenters. The zero-order valence-electron chi connectivity index (χ0n) is 17.2. The molecule has 0 heterocycles. The first-order valence-corrected chi connectivity index (χ1v) is 10.6. The van der Waals surface area contributed by atoms with E-state index in [0.29, 0.717) is 22.1 Å². The van der Waals surface area contributed by atoms with E-state index in [4.69, 9.17) is 22.1 Å². The van der Waals surface area contributed by atoms with Crippen molar-refractivity contribution in [1.29, 1.82) is 0 Å². The van der Waals surface area contributed by atoms with Gasteiger partial charge in [-0.3, -0.25) is 0 Å². The van der Waals surface area contributed by atoms with E-state index in [1.807, 2.05) is 32.9 Å². The van der Waals surface area contributed by atoms with Gasteiger partial charge in [0.1, 0.15) is 10.7 Å². The van der Waals surface area contributed by atoms with Gasteiger partial charge in [-0.2, -0.15) is 13.2 Å². The average Bonchev–Trinajstić information content (AvgIpc) is 2.70. The van der Waals surface area contributed by atoms with Crippen LogP contribution in [0.25, 0.3) is 0 Å². The highest BCUT2D eigenvalue weighted by Crippen LogP contribution is 2.29. The van der Waals surface area contributed by atoms with Gasteiger partial charge < -0.3 is 15.2 Å². The number of carbonyl (C=O) groups is 1. The number of ether oxygens (including phenoxy) is 1. The SMILES string of the molecule is C/C(CSc1ccc(OCC(=O)O)c(C)c1)=C(/C)NC(=S)c1ccc(C(F)(F)F)cc1. The largest absolute Gasteiger partial charge is 0.482 e. The summed E-state index contributed by atoms with van der Waals surface area (Å²) in [6.45, 7) is 5.26. The van der Waals surface area contributed by atoms with Gasteiger partial charge in [-0.1, -0.05) is 24.4 Å². The maximum absolute atomic E-state index is 12.7. The first-order chi connectivity index (χ1) is 14.5. The molecule has 166 valence electrons. The predicted molar refractivity (Wildman–Crippen MR) is 120 cm³/mol. The van der Waals surface area contributed by atoms with E-state index in [1.54, 1.807) is 17.8 Å². The van der Waals surface area contributed by atoms with Crippen molar-refractivity contribution in [2.24, 2.45) is 0 Å². The lowest BCUT2D eigenvalue weighted by molar-refractivity contribution is -0.139. The van der Waals surface area contributed by atoms with Crippen LogP contribution in [-0.2, 0) is 11.0 Å². The van der Waals surface area contributed by atoms with Gasteiger partial charge in [0, 0.05) is 21.9 Å². The highest BCUT2D eigenvalue weighted by atomic mass is 32.2. The lowest BCUT2D eigenvalue weighted by Crippen LogP contribution is -2.21. The minimum absolute atomic E-state index is 0.353. The van der Waals surface area contributed by atoms with Crippen LogP contribution in [0.3, 0.4) is 0 Å². The number of aryl methyl sites for hydroxylation is 1. The standard InChI is InChI=1S/C22H22F3NO3S2/c1-13-10-18(8-9-19(13)29-11-20(27)28)31-12-14(2)15(3)26-21(30)16-4-6-17(7-5-16)22(23,24)25/h4-10H,11-12H2,1-3H3,(H,26,30)(H,27,28)/b15-14+. The number of thiocarbonyl (C=S) groups is 1. The summed E-state index contributed by atoms with van der Waals surface area (Å²) in [6, 6.07) is 10.2. The van der Waals surface area contributed by atoms with Gasteiger partial charge in [0.2, 0.25) is 0 Å². The van der Waals surface area contributed by atoms with Crippen LogP contribution in [0.4, 0.5) is 13.2 Å². The Bertz CT molecular complexity index is 986. The van der Waals surface area contributed by atoms with Gasteiger partial charge in [-0.25, -0.2) is 4.79 Å². The molecule has 2 N–H and O–H groups in total. The number of benzene rings is 2. The van der Waals surface area contributed by atoms with Crippen molar-refractivity contribution in [1.82, 2.24) is 5.32 Å². The molecule has 0 aromatic heterocycles. The third-order valence-corrected chi connectivity index (χ3v) is 5.87. The Morgan fingerprint density at radius 1 is 1.16 bits per heavy atom. The molecular weight excluding hydrogens is 447 g/mol. The van der Waals surface area contributed by atoms with E-state index < -0.39 is 17.7 Å². The van der Waals surface area contributed by atoms with Gasteiger partial charge in [0.05, 0.1) is 5.56 Å². The zero-order chi connectivity index (χ0) is 23.2. The van der Waals surface area contributed by atoms with Crippen LogP contribution in [-0.4, -0.2) is 28.4 Å². The van der Waals surface area contributed by atoms with Crippen LogP contribution in [0, 0.1) is 6.92 Å². The first-order valence-electron chi connectivity index (χ1n) is 9.20. The molecule has 0 amide bonds. The van der Waals surface area contributed by atoms with Crippen molar-refractivity contribution in [3.63, 3.8) is 0 Å². The molecule has 0 fully saturated rings. The Labute approximate surface area is 188 Å². The Morgan fingerprint density at radius 3 is 2.35 bits per heavy atom. The number of hydrogen-bond acceptors (Lipinski definition) is 4. The van der Waals surface area contributed by atoms with Crippen molar-refractivity contribution in [2.75, 3.05) is 12.4 Å². The number of carboxylic acid groups (broad SMARTS) is 1. The minimum Gasteiger partial charge on any atom is -0.482 e. The van der Waals surface area contributed by atoms with Gasteiger partial charge in [0.25, 0.3) is 0 Å². The van der Waals surface area contributed by atoms with E-state index in [1.165, 1.54) is 12.1 Å². The van der Waals surface area contributed by atoms with E-state index in [9.17, 15) is 18.0 Å².